The van der Waals surface area contributed by atoms with Crippen LogP contribution in [0.25, 0.3) is 0 Å². The molecule has 7 nitrogen and oxygen atoms in total. The van der Waals surface area contributed by atoms with Gasteiger partial charge in [-0.2, -0.15) is 0 Å². The zero-order valence-corrected chi connectivity index (χ0v) is 16.8. The molecule has 3 aromatic carbocycles. The summed E-state index contributed by atoms with van der Waals surface area (Å²) in [7, 11) is 0. The van der Waals surface area contributed by atoms with E-state index < -0.39 is 11.9 Å². The van der Waals surface area contributed by atoms with E-state index in [0.717, 1.165) is 0 Å². The minimum Gasteiger partial charge on any atom is -0.423 e. The summed E-state index contributed by atoms with van der Waals surface area (Å²) in [6, 6.07) is 23.8. The molecule has 0 spiro atoms. The number of hydrogen-bond acceptors (Lipinski definition) is 7. The number of carbonyl (C=O) groups excluding carboxylic acids is 2. The number of aliphatic hydroxyl groups excluding tert-OH is 2. The summed E-state index contributed by atoms with van der Waals surface area (Å²) in [5.41, 5.74) is 0.310. The van der Waals surface area contributed by atoms with Gasteiger partial charge in [0.1, 0.15) is 11.5 Å². The van der Waals surface area contributed by atoms with Crippen LogP contribution >= 0.6 is 0 Å². The van der Waals surface area contributed by atoms with E-state index in [2.05, 4.69) is 4.74 Å². The number of ether oxygens (including phenoxy) is 3. The molecule has 0 heterocycles. The summed E-state index contributed by atoms with van der Waals surface area (Å²) in [5.74, 6) is -0.397. The van der Waals surface area contributed by atoms with Crippen molar-refractivity contribution in [1.29, 1.82) is 0 Å². The Morgan fingerprint density at radius 3 is 1.29 bits per heavy atom. The van der Waals surface area contributed by atoms with Crippen LogP contribution in [0.2, 0.25) is 0 Å². The number of aliphatic hydroxyl groups is 2. The maximum absolute atomic E-state index is 12.4. The van der Waals surface area contributed by atoms with Gasteiger partial charge in [0.25, 0.3) is 0 Å². The molecular formula is C24H24O7. The first-order chi connectivity index (χ1) is 15.2. The number of benzene rings is 3. The topological polar surface area (TPSA) is 102 Å². The van der Waals surface area contributed by atoms with Crippen molar-refractivity contribution in [3.63, 3.8) is 0 Å². The first-order valence-electron chi connectivity index (χ1n) is 9.58. The standard InChI is InChI=1S/C20H14O4.C4H10O3/c21-19(23-15-9-3-1-4-10-15)17-13-7-8-14-18(17)20(22)24-16-11-5-2-6-12-16;5-1-3-7-4-2-6/h1-14H;5-6H,1-4H2. The minimum absolute atomic E-state index is 0.0278. The van der Waals surface area contributed by atoms with Crippen molar-refractivity contribution in [3.8, 4) is 11.5 Å². The van der Waals surface area contributed by atoms with E-state index in [4.69, 9.17) is 19.7 Å². The van der Waals surface area contributed by atoms with Crippen LogP contribution in [0.4, 0.5) is 0 Å². The first-order valence-corrected chi connectivity index (χ1v) is 9.58. The lowest BCUT2D eigenvalue weighted by molar-refractivity contribution is 0.0650. The van der Waals surface area contributed by atoms with E-state index in [0.29, 0.717) is 24.7 Å². The van der Waals surface area contributed by atoms with Gasteiger partial charge >= 0.3 is 11.9 Å². The van der Waals surface area contributed by atoms with Crippen molar-refractivity contribution in [3.05, 3.63) is 96.1 Å². The quantitative estimate of drug-likeness (QED) is 0.325. The molecular weight excluding hydrogens is 400 g/mol. The van der Waals surface area contributed by atoms with Crippen molar-refractivity contribution in [2.45, 2.75) is 0 Å². The Kier molecular flexibility index (Phi) is 10.5. The third kappa shape index (κ3) is 8.39. The maximum Gasteiger partial charge on any atom is 0.344 e. The van der Waals surface area contributed by atoms with Crippen LogP contribution in [0.3, 0.4) is 0 Å². The van der Waals surface area contributed by atoms with Crippen molar-refractivity contribution in [2.75, 3.05) is 26.4 Å². The molecule has 0 fully saturated rings. The highest BCUT2D eigenvalue weighted by Gasteiger charge is 2.20. The summed E-state index contributed by atoms with van der Waals surface area (Å²) in [4.78, 5) is 24.7. The van der Waals surface area contributed by atoms with Crippen LogP contribution < -0.4 is 9.47 Å². The highest BCUT2D eigenvalue weighted by Crippen LogP contribution is 2.17. The van der Waals surface area contributed by atoms with E-state index >= 15 is 0 Å². The third-order valence-corrected chi connectivity index (χ3v) is 3.75. The molecule has 162 valence electrons. The Labute approximate surface area is 180 Å². The number of esters is 2. The van der Waals surface area contributed by atoms with Crippen LogP contribution in [0.1, 0.15) is 20.7 Å². The fourth-order valence-corrected chi connectivity index (χ4v) is 2.37. The van der Waals surface area contributed by atoms with E-state index in [1.807, 2.05) is 12.1 Å². The average molecular weight is 424 g/mol. The molecule has 7 heteroatoms. The Morgan fingerprint density at radius 1 is 0.581 bits per heavy atom. The van der Waals surface area contributed by atoms with Crippen LogP contribution in [-0.2, 0) is 4.74 Å². The van der Waals surface area contributed by atoms with Gasteiger partial charge in [-0.1, -0.05) is 48.5 Å². The van der Waals surface area contributed by atoms with Crippen LogP contribution in [-0.4, -0.2) is 48.6 Å². The highest BCUT2D eigenvalue weighted by molar-refractivity contribution is 6.04. The summed E-state index contributed by atoms with van der Waals surface area (Å²) >= 11 is 0. The fraction of sp³-hybridized carbons (Fsp3) is 0.167. The second-order valence-electron chi connectivity index (χ2n) is 6.01. The molecule has 0 aliphatic carbocycles. The summed E-state index contributed by atoms with van der Waals surface area (Å²) < 4.78 is 15.2. The average Bonchev–Trinajstić information content (AvgIpc) is 2.81. The third-order valence-electron chi connectivity index (χ3n) is 3.75. The molecule has 0 aromatic heterocycles. The number of carbonyl (C=O) groups is 2. The normalized spacial score (nSPS) is 9.87. The molecule has 0 saturated heterocycles. The molecule has 0 bridgehead atoms. The molecule has 0 aliphatic heterocycles. The summed E-state index contributed by atoms with van der Waals surface area (Å²) in [6.07, 6.45) is 0. The zero-order chi connectivity index (χ0) is 22.3. The Balaban J connectivity index is 0.000000423. The molecule has 0 saturated carbocycles. The smallest absolute Gasteiger partial charge is 0.344 e. The Bertz CT molecular complexity index is 850. The number of hydrogen-bond donors (Lipinski definition) is 2. The van der Waals surface area contributed by atoms with Gasteiger partial charge < -0.3 is 24.4 Å². The highest BCUT2D eigenvalue weighted by atomic mass is 16.5. The molecule has 0 aliphatic rings. The molecule has 3 aromatic rings. The molecule has 31 heavy (non-hydrogen) atoms. The van der Waals surface area contributed by atoms with Gasteiger partial charge in [-0.3, -0.25) is 0 Å². The Hall–Kier alpha value is -3.52. The maximum atomic E-state index is 12.4. The SMILES string of the molecule is O=C(Oc1ccccc1)c1ccccc1C(=O)Oc1ccccc1.OCCOCCO. The second-order valence-corrected chi connectivity index (χ2v) is 6.01. The predicted molar refractivity (Wildman–Crippen MR) is 114 cm³/mol. The van der Waals surface area contributed by atoms with E-state index in [1.54, 1.807) is 60.7 Å². The van der Waals surface area contributed by atoms with Crippen molar-refractivity contribution in [1.82, 2.24) is 0 Å². The van der Waals surface area contributed by atoms with E-state index in [1.165, 1.54) is 12.1 Å². The monoisotopic (exact) mass is 424 g/mol. The van der Waals surface area contributed by atoms with Crippen LogP contribution in [0, 0.1) is 0 Å². The lowest BCUT2D eigenvalue weighted by Gasteiger charge is -2.09. The van der Waals surface area contributed by atoms with Gasteiger partial charge in [0.2, 0.25) is 0 Å². The molecule has 0 amide bonds. The van der Waals surface area contributed by atoms with Gasteiger partial charge in [-0.15, -0.1) is 0 Å². The van der Waals surface area contributed by atoms with Gasteiger partial charge in [-0.25, -0.2) is 9.59 Å². The second kappa shape index (κ2) is 13.7. The van der Waals surface area contributed by atoms with Gasteiger partial charge in [-0.05, 0) is 36.4 Å². The van der Waals surface area contributed by atoms with Crippen molar-refractivity contribution in [2.24, 2.45) is 0 Å². The van der Waals surface area contributed by atoms with E-state index in [9.17, 15) is 9.59 Å². The van der Waals surface area contributed by atoms with Crippen LogP contribution in [0.15, 0.2) is 84.9 Å². The predicted octanol–water partition coefficient (Wildman–Crippen LogP) is 3.11. The van der Waals surface area contributed by atoms with Crippen molar-refractivity contribution < 1.29 is 34.0 Å². The fourth-order valence-electron chi connectivity index (χ4n) is 2.37. The number of para-hydroxylation sites is 2. The molecule has 3 rings (SSSR count). The zero-order valence-electron chi connectivity index (χ0n) is 16.8. The van der Waals surface area contributed by atoms with Crippen LogP contribution in [0.5, 0.6) is 11.5 Å². The molecule has 2 N–H and O–H groups in total. The van der Waals surface area contributed by atoms with E-state index in [-0.39, 0.29) is 24.3 Å². The Morgan fingerprint density at radius 2 is 0.935 bits per heavy atom. The van der Waals surface area contributed by atoms with Crippen molar-refractivity contribution >= 4 is 11.9 Å². The van der Waals surface area contributed by atoms with Gasteiger partial charge in [0, 0.05) is 0 Å². The first kappa shape index (κ1) is 23.8. The van der Waals surface area contributed by atoms with Gasteiger partial charge in [0.05, 0.1) is 37.6 Å². The lowest BCUT2D eigenvalue weighted by atomic mass is 10.1. The minimum atomic E-state index is -0.609. The molecule has 0 radical (unpaired) electrons. The lowest BCUT2D eigenvalue weighted by Crippen LogP contribution is -2.17. The molecule has 0 unspecified atom stereocenters. The summed E-state index contributed by atoms with van der Waals surface area (Å²) in [6.45, 7) is 0.696. The summed E-state index contributed by atoms with van der Waals surface area (Å²) in [5, 5.41) is 16.2. The molecule has 0 atom stereocenters. The number of rotatable bonds is 8. The van der Waals surface area contributed by atoms with Gasteiger partial charge in [0.15, 0.2) is 0 Å². The largest absolute Gasteiger partial charge is 0.423 e.